The summed E-state index contributed by atoms with van der Waals surface area (Å²) < 4.78 is 53.9. The number of cyclic esters (lactones) is 1. The Hall–Kier alpha value is -4.29. The van der Waals surface area contributed by atoms with Crippen LogP contribution in [-0.4, -0.2) is 31.7 Å². The van der Waals surface area contributed by atoms with Crippen LogP contribution in [0.25, 0.3) is 27.8 Å². The number of halogens is 4. The highest BCUT2D eigenvalue weighted by Gasteiger charge is 2.46. The molecule has 200 valence electrons. The van der Waals surface area contributed by atoms with Crippen LogP contribution in [0.3, 0.4) is 0 Å². The number of nitrogens with one attached hydrogen (secondary N) is 1. The van der Waals surface area contributed by atoms with Gasteiger partial charge in [-0.25, -0.2) is 14.2 Å². The molecule has 0 aliphatic carbocycles. The van der Waals surface area contributed by atoms with E-state index in [-0.39, 0.29) is 23.4 Å². The first kappa shape index (κ1) is 25.0. The first-order valence-corrected chi connectivity index (χ1v) is 12.0. The number of aliphatic hydroxyl groups is 1. The number of carbonyl (C=O) groups excluding carboxylic acids is 1. The van der Waals surface area contributed by atoms with Crippen LogP contribution < -0.4 is 11.0 Å². The van der Waals surface area contributed by atoms with E-state index in [1.54, 1.807) is 42.5 Å². The largest absolute Gasteiger partial charge is 0.433 e. The number of hydrogen-bond acceptors (Lipinski definition) is 6. The number of aromatic nitrogens is 3. The van der Waals surface area contributed by atoms with Gasteiger partial charge in [0.05, 0.1) is 28.5 Å². The van der Waals surface area contributed by atoms with Crippen molar-refractivity contribution in [3.63, 3.8) is 0 Å². The molecule has 1 fully saturated rings. The summed E-state index contributed by atoms with van der Waals surface area (Å²) in [6, 6.07) is 14.2. The fourth-order valence-corrected chi connectivity index (χ4v) is 4.93. The van der Waals surface area contributed by atoms with Gasteiger partial charge in [-0.1, -0.05) is 35.0 Å². The quantitative estimate of drug-likeness (QED) is 0.324. The van der Waals surface area contributed by atoms with Crippen molar-refractivity contribution < 1.29 is 32.3 Å². The lowest BCUT2D eigenvalue weighted by molar-refractivity contribution is -0.137. The smallest absolute Gasteiger partial charge is 0.416 e. The Morgan fingerprint density at radius 2 is 1.90 bits per heavy atom. The number of alkyl carbamates (subject to hydrolysis) is 1. The molecule has 0 saturated carbocycles. The van der Waals surface area contributed by atoms with E-state index < -0.39 is 35.4 Å². The van der Waals surface area contributed by atoms with Gasteiger partial charge in [0.2, 0.25) is 0 Å². The number of carbonyl (C=O) groups is 1. The van der Waals surface area contributed by atoms with Gasteiger partial charge < -0.3 is 14.4 Å². The number of rotatable bonds is 4. The fraction of sp³-hybridized carbons (Fsp3) is 0.192. The molecule has 13 heteroatoms. The highest BCUT2D eigenvalue weighted by molar-refractivity contribution is 6.31. The number of benzene rings is 3. The molecule has 3 heterocycles. The number of fused-ring (bicyclic) bond motifs is 2. The van der Waals surface area contributed by atoms with Crippen molar-refractivity contribution in [2.75, 3.05) is 0 Å². The predicted molar refractivity (Wildman–Crippen MR) is 134 cm³/mol. The summed E-state index contributed by atoms with van der Waals surface area (Å²) in [5.74, 6) is 0.0781. The molecule has 0 radical (unpaired) electrons. The lowest BCUT2D eigenvalue weighted by atomic mass is 9.93. The summed E-state index contributed by atoms with van der Waals surface area (Å²) in [4.78, 5) is 25.5. The van der Waals surface area contributed by atoms with Crippen LogP contribution in [0.2, 0.25) is 5.02 Å². The van der Waals surface area contributed by atoms with Gasteiger partial charge in [0.25, 0.3) is 0 Å². The first-order valence-electron chi connectivity index (χ1n) is 11.6. The Bertz CT molecular complexity index is 1840. The lowest BCUT2D eigenvalue weighted by Gasteiger charge is -2.25. The average molecular weight is 559 g/mol. The summed E-state index contributed by atoms with van der Waals surface area (Å²) in [7, 11) is 0. The summed E-state index contributed by atoms with van der Waals surface area (Å²) in [6.45, 7) is 1.38. The third-order valence-corrected chi connectivity index (χ3v) is 7.04. The minimum absolute atomic E-state index is 0.0126. The van der Waals surface area contributed by atoms with E-state index in [1.807, 2.05) is 0 Å². The molecule has 0 bridgehead atoms. The Balaban J connectivity index is 1.53. The van der Waals surface area contributed by atoms with Gasteiger partial charge >= 0.3 is 18.0 Å². The van der Waals surface area contributed by atoms with Crippen LogP contribution in [0.1, 0.15) is 23.6 Å². The zero-order valence-corrected chi connectivity index (χ0v) is 20.7. The number of imidazole rings is 1. The number of ether oxygens (including phenoxy) is 1. The Morgan fingerprint density at radius 1 is 1.10 bits per heavy atom. The number of aliphatic hydroxyl groups excluding tert-OH is 1. The van der Waals surface area contributed by atoms with Crippen molar-refractivity contribution in [3.05, 3.63) is 92.9 Å². The van der Waals surface area contributed by atoms with Gasteiger partial charge in [0.1, 0.15) is 0 Å². The van der Waals surface area contributed by atoms with Crippen LogP contribution in [0.15, 0.2) is 70.0 Å². The Labute approximate surface area is 221 Å². The number of amides is 1. The molecule has 1 aliphatic heterocycles. The van der Waals surface area contributed by atoms with E-state index in [0.29, 0.717) is 27.1 Å². The SMILES string of the molecule is C[C@]1(c2cccc(Cn3c(=O)n(-c4noc5ccc(Cl)cc45)c4ccc(C(F)(F)F)cc43)c2)OC(=O)NC1O. The van der Waals surface area contributed by atoms with Crippen molar-refractivity contribution in [1.29, 1.82) is 0 Å². The van der Waals surface area contributed by atoms with Gasteiger partial charge in [0.15, 0.2) is 23.2 Å². The second-order valence-corrected chi connectivity index (χ2v) is 9.73. The zero-order valence-electron chi connectivity index (χ0n) is 20.0. The molecule has 1 amide bonds. The molecule has 9 nitrogen and oxygen atoms in total. The maximum atomic E-state index is 13.8. The van der Waals surface area contributed by atoms with Crippen molar-refractivity contribution >= 4 is 39.7 Å². The second kappa shape index (κ2) is 8.61. The highest BCUT2D eigenvalue weighted by atomic mass is 35.5. The van der Waals surface area contributed by atoms with Gasteiger partial charge in [-0.05, 0) is 55.0 Å². The molecular formula is C26H18ClF3N4O5. The molecule has 1 unspecified atom stereocenters. The molecule has 0 spiro atoms. The molecule has 2 atom stereocenters. The lowest BCUT2D eigenvalue weighted by Crippen LogP contribution is -2.38. The monoisotopic (exact) mass is 558 g/mol. The summed E-state index contributed by atoms with van der Waals surface area (Å²) in [5.41, 5.74) is -1.53. The van der Waals surface area contributed by atoms with Crippen LogP contribution in [0.5, 0.6) is 0 Å². The van der Waals surface area contributed by atoms with Crippen LogP contribution in [0.4, 0.5) is 18.0 Å². The van der Waals surface area contributed by atoms with Gasteiger partial charge in [-0.2, -0.15) is 13.2 Å². The maximum absolute atomic E-state index is 13.8. The van der Waals surface area contributed by atoms with E-state index in [1.165, 1.54) is 22.1 Å². The van der Waals surface area contributed by atoms with E-state index in [0.717, 1.165) is 12.1 Å². The number of nitrogens with zero attached hydrogens (tertiary/aromatic N) is 3. The standard InChI is InChI=1S/C26H18ClF3N4O5/c1-25(22(35)31-23(36)38-25)14-4-2-3-13(9-14)12-33-19-10-15(26(28,29)30)5-7-18(19)34(24(33)37)21-17-11-16(27)6-8-20(17)39-32-21/h2-11,22,35H,12H2,1H3,(H,31,36)/t22?,25-/m1/s1. The third kappa shape index (κ3) is 4.03. The first-order chi connectivity index (χ1) is 18.5. The number of alkyl halides is 3. The van der Waals surface area contributed by atoms with Crippen molar-refractivity contribution in [3.8, 4) is 5.82 Å². The minimum atomic E-state index is -4.64. The van der Waals surface area contributed by atoms with E-state index >= 15 is 0 Å². The normalized spacial score (nSPS) is 19.5. The van der Waals surface area contributed by atoms with Gasteiger partial charge in [0, 0.05) is 10.6 Å². The van der Waals surface area contributed by atoms with E-state index in [9.17, 15) is 27.9 Å². The van der Waals surface area contributed by atoms with E-state index in [2.05, 4.69) is 10.5 Å². The predicted octanol–water partition coefficient (Wildman–Crippen LogP) is 4.93. The van der Waals surface area contributed by atoms with Crippen LogP contribution >= 0.6 is 11.6 Å². The Morgan fingerprint density at radius 3 is 2.62 bits per heavy atom. The minimum Gasteiger partial charge on any atom is -0.433 e. The van der Waals surface area contributed by atoms with Crippen molar-refractivity contribution in [1.82, 2.24) is 19.6 Å². The molecule has 6 rings (SSSR count). The fourth-order valence-electron chi connectivity index (χ4n) is 4.75. The van der Waals surface area contributed by atoms with Crippen molar-refractivity contribution in [2.45, 2.75) is 31.5 Å². The van der Waals surface area contributed by atoms with Crippen LogP contribution in [0, 0.1) is 0 Å². The molecule has 1 saturated heterocycles. The Kier molecular flexibility index (Phi) is 5.52. The molecule has 1 aliphatic rings. The molecule has 3 aromatic carbocycles. The summed E-state index contributed by atoms with van der Waals surface area (Å²) in [6.07, 6.45) is -6.77. The third-order valence-electron chi connectivity index (χ3n) is 6.80. The van der Waals surface area contributed by atoms with Crippen LogP contribution in [-0.2, 0) is 23.1 Å². The summed E-state index contributed by atoms with van der Waals surface area (Å²) in [5, 5.41) is 17.4. The molecule has 2 aromatic heterocycles. The number of hydrogen-bond donors (Lipinski definition) is 2. The summed E-state index contributed by atoms with van der Waals surface area (Å²) >= 11 is 6.14. The van der Waals surface area contributed by atoms with E-state index in [4.69, 9.17) is 20.9 Å². The zero-order chi connectivity index (χ0) is 27.7. The molecule has 5 aromatic rings. The maximum Gasteiger partial charge on any atom is 0.416 e. The van der Waals surface area contributed by atoms with Gasteiger partial charge in [-0.15, -0.1) is 0 Å². The van der Waals surface area contributed by atoms with Gasteiger partial charge in [-0.3, -0.25) is 9.88 Å². The van der Waals surface area contributed by atoms with Crippen molar-refractivity contribution in [2.24, 2.45) is 0 Å². The molecular weight excluding hydrogens is 541 g/mol. The average Bonchev–Trinajstić information content (AvgIpc) is 3.49. The topological polar surface area (TPSA) is 112 Å². The molecule has 2 N–H and O–H groups in total. The second-order valence-electron chi connectivity index (χ2n) is 9.30. The molecule has 39 heavy (non-hydrogen) atoms. The highest BCUT2D eigenvalue weighted by Crippen LogP contribution is 2.35.